The maximum atomic E-state index is 13.4. The summed E-state index contributed by atoms with van der Waals surface area (Å²) in [6.45, 7) is 2.22. The lowest BCUT2D eigenvalue weighted by atomic mass is 10.1. The minimum atomic E-state index is -0.858. The molecule has 2 aromatic carbocycles. The Morgan fingerprint density at radius 3 is 2.44 bits per heavy atom. The summed E-state index contributed by atoms with van der Waals surface area (Å²) in [5.41, 5.74) is 2.48. The quantitative estimate of drug-likeness (QED) is 0.456. The van der Waals surface area contributed by atoms with Crippen LogP contribution < -0.4 is 14.4 Å². The standard InChI is InChI=1S/C26H26N2O5S/c1-17-6-9-19(10-7-17)28-24(29)16-20(25(28)30)27(26(31)23-5-4-14-34-23)13-12-18-8-11-21(32-2)22(15-18)33-3/h4-11,14-15,20H,12-13,16H2,1-3H3. The van der Waals surface area contributed by atoms with Crippen LogP contribution in [-0.2, 0) is 16.0 Å². The van der Waals surface area contributed by atoms with E-state index in [2.05, 4.69) is 0 Å². The smallest absolute Gasteiger partial charge is 0.264 e. The zero-order valence-electron chi connectivity index (χ0n) is 19.3. The van der Waals surface area contributed by atoms with Crippen molar-refractivity contribution in [2.45, 2.75) is 25.8 Å². The summed E-state index contributed by atoms with van der Waals surface area (Å²) in [5, 5.41) is 1.82. The molecule has 2 heterocycles. The van der Waals surface area contributed by atoms with Gasteiger partial charge in [-0.25, -0.2) is 4.90 Å². The van der Waals surface area contributed by atoms with Crippen molar-refractivity contribution in [1.29, 1.82) is 0 Å². The van der Waals surface area contributed by atoms with Gasteiger partial charge in [0.25, 0.3) is 11.8 Å². The molecule has 0 N–H and O–H groups in total. The zero-order valence-corrected chi connectivity index (χ0v) is 20.1. The Balaban J connectivity index is 1.60. The molecule has 8 heteroatoms. The molecule has 0 bridgehead atoms. The van der Waals surface area contributed by atoms with Gasteiger partial charge in [0, 0.05) is 6.54 Å². The van der Waals surface area contributed by atoms with E-state index in [-0.39, 0.29) is 30.7 Å². The highest BCUT2D eigenvalue weighted by Crippen LogP contribution is 2.30. The summed E-state index contributed by atoms with van der Waals surface area (Å²) in [6.07, 6.45) is 0.440. The number of methoxy groups -OCH3 is 2. The van der Waals surface area contributed by atoms with Crippen molar-refractivity contribution in [2.75, 3.05) is 25.7 Å². The van der Waals surface area contributed by atoms with Crippen LogP contribution >= 0.6 is 11.3 Å². The summed E-state index contributed by atoms with van der Waals surface area (Å²) < 4.78 is 10.7. The molecule has 0 radical (unpaired) electrons. The van der Waals surface area contributed by atoms with Gasteiger partial charge in [0.15, 0.2) is 11.5 Å². The van der Waals surface area contributed by atoms with Crippen LogP contribution in [0.1, 0.15) is 27.2 Å². The van der Waals surface area contributed by atoms with Crippen molar-refractivity contribution in [3.05, 3.63) is 76.0 Å². The molecule has 0 aliphatic carbocycles. The second kappa shape index (κ2) is 10.1. The molecule has 3 aromatic rings. The van der Waals surface area contributed by atoms with E-state index in [1.165, 1.54) is 21.1 Å². The lowest BCUT2D eigenvalue weighted by Crippen LogP contribution is -2.46. The second-order valence-corrected chi connectivity index (χ2v) is 8.99. The number of rotatable bonds is 8. The number of carbonyl (C=O) groups excluding carboxylic acids is 3. The number of ether oxygens (including phenoxy) is 2. The predicted octanol–water partition coefficient (Wildman–Crippen LogP) is 4.09. The topological polar surface area (TPSA) is 76.2 Å². The maximum absolute atomic E-state index is 13.4. The van der Waals surface area contributed by atoms with Crippen LogP contribution in [-0.4, -0.2) is 49.4 Å². The highest BCUT2D eigenvalue weighted by Gasteiger charge is 2.44. The van der Waals surface area contributed by atoms with Crippen LogP contribution in [0.2, 0.25) is 0 Å². The molecule has 0 spiro atoms. The number of amides is 3. The average Bonchev–Trinajstić information content (AvgIpc) is 3.48. The number of imide groups is 1. The number of aryl methyl sites for hydroxylation is 1. The highest BCUT2D eigenvalue weighted by atomic mass is 32.1. The lowest BCUT2D eigenvalue weighted by Gasteiger charge is -2.27. The summed E-state index contributed by atoms with van der Waals surface area (Å²) in [7, 11) is 3.14. The maximum Gasteiger partial charge on any atom is 0.264 e. The largest absolute Gasteiger partial charge is 0.493 e. The first-order chi connectivity index (χ1) is 16.4. The van der Waals surface area contributed by atoms with Crippen LogP contribution in [0, 0.1) is 6.92 Å². The van der Waals surface area contributed by atoms with E-state index >= 15 is 0 Å². The second-order valence-electron chi connectivity index (χ2n) is 8.04. The Kier molecular flexibility index (Phi) is 6.98. The van der Waals surface area contributed by atoms with Gasteiger partial charge >= 0.3 is 0 Å². The van der Waals surface area contributed by atoms with Gasteiger partial charge in [-0.3, -0.25) is 14.4 Å². The third kappa shape index (κ3) is 4.68. The van der Waals surface area contributed by atoms with E-state index in [9.17, 15) is 14.4 Å². The van der Waals surface area contributed by atoms with Crippen molar-refractivity contribution in [3.8, 4) is 11.5 Å². The van der Waals surface area contributed by atoms with E-state index in [0.717, 1.165) is 11.1 Å². The molecule has 34 heavy (non-hydrogen) atoms. The molecule has 7 nitrogen and oxygen atoms in total. The first-order valence-corrected chi connectivity index (χ1v) is 11.8. The van der Waals surface area contributed by atoms with Gasteiger partial charge in [0.1, 0.15) is 6.04 Å². The molecule has 1 fully saturated rings. The fourth-order valence-electron chi connectivity index (χ4n) is 4.05. The summed E-state index contributed by atoms with van der Waals surface area (Å²) >= 11 is 1.31. The summed E-state index contributed by atoms with van der Waals surface area (Å²) in [5.74, 6) is 0.254. The molecule has 4 rings (SSSR count). The van der Waals surface area contributed by atoms with Gasteiger partial charge < -0.3 is 14.4 Å². The van der Waals surface area contributed by atoms with E-state index in [1.807, 2.05) is 42.6 Å². The first kappa shape index (κ1) is 23.5. The fourth-order valence-corrected chi connectivity index (χ4v) is 4.73. The third-order valence-corrected chi connectivity index (χ3v) is 6.73. The lowest BCUT2D eigenvalue weighted by molar-refractivity contribution is -0.122. The Labute approximate surface area is 202 Å². The molecule has 0 saturated carbocycles. The summed E-state index contributed by atoms with van der Waals surface area (Å²) in [6, 6.07) is 15.4. The van der Waals surface area contributed by atoms with Gasteiger partial charge in [-0.1, -0.05) is 29.8 Å². The normalized spacial score (nSPS) is 15.5. The zero-order chi connectivity index (χ0) is 24.2. The molecule has 1 aliphatic rings. The van der Waals surface area contributed by atoms with Crippen LogP contribution in [0.3, 0.4) is 0 Å². The van der Waals surface area contributed by atoms with Crippen LogP contribution in [0.25, 0.3) is 0 Å². The van der Waals surface area contributed by atoms with E-state index in [4.69, 9.17) is 9.47 Å². The Morgan fingerprint density at radius 2 is 1.79 bits per heavy atom. The van der Waals surface area contributed by atoms with Crippen LogP contribution in [0.15, 0.2) is 60.0 Å². The Morgan fingerprint density at radius 1 is 1.06 bits per heavy atom. The molecule has 1 atom stereocenters. The van der Waals surface area contributed by atoms with Crippen LogP contribution in [0.5, 0.6) is 11.5 Å². The number of hydrogen-bond acceptors (Lipinski definition) is 6. The number of benzene rings is 2. The fraction of sp³-hybridized carbons (Fsp3) is 0.269. The molecule has 176 valence electrons. The minimum Gasteiger partial charge on any atom is -0.493 e. The molecule has 3 amide bonds. The number of anilines is 1. The SMILES string of the molecule is COc1ccc(CCN(C(=O)c2cccs2)C2CC(=O)N(c3ccc(C)cc3)C2=O)cc1OC. The molecule has 1 aromatic heterocycles. The number of thiophene rings is 1. The molecular formula is C26H26N2O5S. The third-order valence-electron chi connectivity index (χ3n) is 5.87. The predicted molar refractivity (Wildman–Crippen MR) is 131 cm³/mol. The molecule has 1 unspecified atom stereocenters. The number of carbonyl (C=O) groups is 3. The van der Waals surface area contributed by atoms with Crippen molar-refractivity contribution in [3.63, 3.8) is 0 Å². The van der Waals surface area contributed by atoms with Gasteiger partial charge in [-0.2, -0.15) is 0 Å². The molecule has 1 aliphatic heterocycles. The van der Waals surface area contributed by atoms with Crippen molar-refractivity contribution in [1.82, 2.24) is 4.90 Å². The van der Waals surface area contributed by atoms with Gasteiger partial charge in [0.05, 0.1) is 31.2 Å². The summed E-state index contributed by atoms with van der Waals surface area (Å²) in [4.78, 5) is 42.9. The van der Waals surface area contributed by atoms with Gasteiger partial charge in [0.2, 0.25) is 5.91 Å². The van der Waals surface area contributed by atoms with Crippen molar-refractivity contribution in [2.24, 2.45) is 0 Å². The van der Waals surface area contributed by atoms with Gasteiger partial charge in [-0.15, -0.1) is 11.3 Å². The average molecular weight is 479 g/mol. The minimum absolute atomic E-state index is 0.0459. The highest BCUT2D eigenvalue weighted by molar-refractivity contribution is 7.12. The van der Waals surface area contributed by atoms with Crippen molar-refractivity contribution >= 4 is 34.7 Å². The monoisotopic (exact) mass is 478 g/mol. The van der Waals surface area contributed by atoms with Crippen molar-refractivity contribution < 1.29 is 23.9 Å². The molecule has 1 saturated heterocycles. The van der Waals surface area contributed by atoms with Crippen LogP contribution in [0.4, 0.5) is 5.69 Å². The Bertz CT molecular complexity index is 1190. The van der Waals surface area contributed by atoms with E-state index in [0.29, 0.717) is 28.5 Å². The number of hydrogen-bond donors (Lipinski definition) is 0. The number of nitrogens with zero attached hydrogens (tertiary/aromatic N) is 2. The first-order valence-electron chi connectivity index (χ1n) is 10.9. The van der Waals surface area contributed by atoms with Gasteiger partial charge in [-0.05, 0) is 54.6 Å². The Hall–Kier alpha value is -3.65. The van der Waals surface area contributed by atoms with E-state index in [1.54, 1.807) is 38.5 Å². The molecular weight excluding hydrogens is 452 g/mol. The van der Waals surface area contributed by atoms with E-state index < -0.39 is 6.04 Å².